The second kappa shape index (κ2) is 13.9. The lowest BCUT2D eigenvalue weighted by Gasteiger charge is -2.11. The number of fused-ring (bicyclic) bond motifs is 7. The van der Waals surface area contributed by atoms with Gasteiger partial charge in [0.25, 0.3) is 0 Å². The van der Waals surface area contributed by atoms with E-state index in [9.17, 15) is 0 Å². The van der Waals surface area contributed by atoms with Crippen molar-refractivity contribution >= 4 is 64.3 Å². The summed E-state index contributed by atoms with van der Waals surface area (Å²) in [5.41, 5.74) is 10.1. The van der Waals surface area contributed by atoms with E-state index in [1.54, 1.807) is 11.3 Å². The Morgan fingerprint density at radius 2 is 0.917 bits per heavy atom. The monoisotopic (exact) mass is 785 g/mol. The highest BCUT2D eigenvalue weighted by molar-refractivity contribution is 7.25. The van der Waals surface area contributed by atoms with Gasteiger partial charge in [0.05, 0.1) is 21.3 Å². The van der Waals surface area contributed by atoms with E-state index in [2.05, 4.69) is 126 Å². The smallest absolute Gasteiger partial charge is 0.164 e. The molecule has 5 aromatic heterocycles. The fraction of sp³-hybridized carbons (Fsp3) is 0. The molecule has 7 nitrogen and oxygen atoms in total. The Balaban J connectivity index is 0.897. The van der Waals surface area contributed by atoms with Crippen molar-refractivity contribution in [2.45, 2.75) is 0 Å². The topological polar surface area (TPSA) is 82.3 Å². The van der Waals surface area contributed by atoms with Crippen LogP contribution < -0.4 is 0 Å². The van der Waals surface area contributed by atoms with Gasteiger partial charge in [0.2, 0.25) is 0 Å². The number of hydrogen-bond acceptors (Lipinski definition) is 7. The van der Waals surface area contributed by atoms with Crippen LogP contribution in [0.15, 0.2) is 188 Å². The van der Waals surface area contributed by atoms with Crippen LogP contribution >= 0.6 is 11.3 Å². The summed E-state index contributed by atoms with van der Waals surface area (Å²) in [6.45, 7) is 0. The number of para-hydroxylation sites is 2. The molecular weight excluding hydrogens is 755 g/mol. The van der Waals surface area contributed by atoms with E-state index >= 15 is 0 Å². The summed E-state index contributed by atoms with van der Waals surface area (Å²) in [7, 11) is 0. The molecule has 280 valence electrons. The van der Waals surface area contributed by atoms with Crippen LogP contribution in [0.5, 0.6) is 0 Å². The molecule has 12 aromatic rings. The number of nitrogens with zero attached hydrogens (tertiary/aromatic N) is 7. The van der Waals surface area contributed by atoms with Gasteiger partial charge in [-0.3, -0.25) is 0 Å². The van der Waals surface area contributed by atoms with Crippen LogP contribution in [0.1, 0.15) is 0 Å². The normalized spacial score (nSPS) is 11.7. The Labute approximate surface area is 348 Å². The third kappa shape index (κ3) is 5.81. The maximum Gasteiger partial charge on any atom is 0.164 e. The number of thiophene rings is 1. The molecule has 0 N–H and O–H groups in total. The average molecular weight is 786 g/mol. The number of hydrogen-bond donors (Lipinski definition) is 0. The molecule has 0 atom stereocenters. The molecule has 0 saturated heterocycles. The molecule has 0 bridgehead atoms. The number of pyridine rings is 1. The minimum atomic E-state index is 0.587. The van der Waals surface area contributed by atoms with Crippen molar-refractivity contribution in [3.8, 4) is 62.4 Å². The van der Waals surface area contributed by atoms with Gasteiger partial charge in [0, 0.05) is 62.1 Å². The van der Waals surface area contributed by atoms with Gasteiger partial charge in [-0.1, -0.05) is 127 Å². The molecular formula is C52H31N7S. The van der Waals surface area contributed by atoms with Crippen molar-refractivity contribution < 1.29 is 0 Å². The van der Waals surface area contributed by atoms with Gasteiger partial charge < -0.3 is 4.57 Å². The fourth-order valence-corrected chi connectivity index (χ4v) is 9.13. The van der Waals surface area contributed by atoms with E-state index in [1.807, 2.05) is 67.0 Å². The van der Waals surface area contributed by atoms with Crippen molar-refractivity contribution in [1.29, 1.82) is 0 Å². The van der Waals surface area contributed by atoms with Crippen molar-refractivity contribution in [1.82, 2.24) is 34.5 Å². The predicted octanol–water partition coefficient (Wildman–Crippen LogP) is 13.0. The molecule has 0 spiro atoms. The second-order valence-electron chi connectivity index (χ2n) is 14.8. The van der Waals surface area contributed by atoms with Crippen molar-refractivity contribution in [2.75, 3.05) is 0 Å². The zero-order valence-electron chi connectivity index (χ0n) is 31.9. The molecule has 0 fully saturated rings. The highest BCUT2D eigenvalue weighted by Crippen LogP contribution is 2.36. The van der Waals surface area contributed by atoms with Crippen LogP contribution in [0.2, 0.25) is 0 Å². The van der Waals surface area contributed by atoms with Gasteiger partial charge in [0.15, 0.2) is 23.3 Å². The highest BCUT2D eigenvalue weighted by atomic mass is 32.1. The minimum Gasteiger partial charge on any atom is -0.309 e. The maximum absolute atomic E-state index is 5.10. The molecule has 5 heterocycles. The van der Waals surface area contributed by atoms with E-state index in [4.69, 9.17) is 29.9 Å². The Morgan fingerprint density at radius 3 is 1.60 bits per heavy atom. The van der Waals surface area contributed by atoms with Gasteiger partial charge in [0.1, 0.15) is 4.83 Å². The minimum absolute atomic E-state index is 0.587. The molecule has 0 radical (unpaired) electrons. The Hall–Kier alpha value is -7.94. The lowest BCUT2D eigenvalue weighted by atomic mass is 10.0. The summed E-state index contributed by atoms with van der Waals surface area (Å²) in [6, 6.07) is 60.9. The molecule has 8 heteroatoms. The van der Waals surface area contributed by atoms with Gasteiger partial charge in [-0.05, 0) is 64.9 Å². The molecule has 0 amide bonds. The second-order valence-corrected chi connectivity index (χ2v) is 15.8. The molecule has 12 rings (SSSR count). The first kappa shape index (κ1) is 34.1. The lowest BCUT2D eigenvalue weighted by Crippen LogP contribution is -2.00. The summed E-state index contributed by atoms with van der Waals surface area (Å²) in [4.78, 5) is 30.7. The zero-order valence-corrected chi connectivity index (χ0v) is 32.8. The maximum atomic E-state index is 5.10. The Morgan fingerprint density at radius 1 is 0.367 bits per heavy atom. The summed E-state index contributed by atoms with van der Waals surface area (Å²) in [6.07, 6.45) is 3.86. The van der Waals surface area contributed by atoms with Gasteiger partial charge in [-0.2, -0.15) is 0 Å². The third-order valence-electron chi connectivity index (χ3n) is 11.2. The van der Waals surface area contributed by atoms with Crippen LogP contribution in [0, 0.1) is 0 Å². The number of benzene rings is 7. The van der Waals surface area contributed by atoms with Crippen LogP contribution in [-0.2, 0) is 0 Å². The quantitative estimate of drug-likeness (QED) is 0.167. The molecule has 60 heavy (non-hydrogen) atoms. The molecule has 7 aromatic carbocycles. The molecule has 0 unspecified atom stereocenters. The predicted molar refractivity (Wildman–Crippen MR) is 245 cm³/mol. The van der Waals surface area contributed by atoms with E-state index in [0.29, 0.717) is 23.3 Å². The first-order valence-electron chi connectivity index (χ1n) is 19.8. The van der Waals surface area contributed by atoms with E-state index < -0.39 is 0 Å². The molecule has 0 aliphatic heterocycles. The van der Waals surface area contributed by atoms with Gasteiger partial charge >= 0.3 is 0 Å². The summed E-state index contributed by atoms with van der Waals surface area (Å²) in [5, 5.41) is 5.90. The summed E-state index contributed by atoms with van der Waals surface area (Å²) < 4.78 is 3.31. The van der Waals surface area contributed by atoms with Gasteiger partial charge in [-0.25, -0.2) is 29.9 Å². The lowest BCUT2D eigenvalue weighted by molar-refractivity contribution is 1.07. The number of aromatic nitrogens is 7. The van der Waals surface area contributed by atoms with Crippen molar-refractivity contribution in [3.05, 3.63) is 188 Å². The molecule has 0 aliphatic rings. The molecule has 0 saturated carbocycles. The number of rotatable bonds is 6. The first-order valence-corrected chi connectivity index (χ1v) is 20.6. The van der Waals surface area contributed by atoms with Crippen LogP contribution in [0.3, 0.4) is 0 Å². The summed E-state index contributed by atoms with van der Waals surface area (Å²) in [5.74, 6) is 2.45. The Bertz CT molecular complexity index is 3540. The third-order valence-corrected chi connectivity index (χ3v) is 12.2. The van der Waals surface area contributed by atoms with Crippen molar-refractivity contribution in [2.24, 2.45) is 0 Å². The van der Waals surface area contributed by atoms with Crippen LogP contribution in [0.25, 0.3) is 115 Å². The van der Waals surface area contributed by atoms with Crippen molar-refractivity contribution in [3.63, 3.8) is 0 Å². The Kier molecular flexibility index (Phi) is 7.89. The van der Waals surface area contributed by atoms with E-state index in [-0.39, 0.29) is 0 Å². The fourth-order valence-electron chi connectivity index (χ4n) is 8.19. The highest BCUT2D eigenvalue weighted by Gasteiger charge is 2.17. The first-order chi connectivity index (χ1) is 29.7. The average Bonchev–Trinajstić information content (AvgIpc) is 3.87. The van der Waals surface area contributed by atoms with Crippen LogP contribution in [-0.4, -0.2) is 34.5 Å². The largest absolute Gasteiger partial charge is 0.309 e. The summed E-state index contributed by atoms with van der Waals surface area (Å²) >= 11 is 1.61. The van der Waals surface area contributed by atoms with E-state index in [1.165, 1.54) is 32.6 Å². The van der Waals surface area contributed by atoms with Crippen LogP contribution in [0.4, 0.5) is 0 Å². The van der Waals surface area contributed by atoms with Gasteiger partial charge in [-0.15, -0.1) is 11.3 Å². The van der Waals surface area contributed by atoms with E-state index in [0.717, 1.165) is 59.5 Å². The molecule has 0 aliphatic carbocycles. The zero-order chi connectivity index (χ0) is 39.6. The standard InChI is InChI=1S/C52H31N7S/c1-2-11-33(12-3-1)49-56-50(58-51(57-49)36-24-26-40(27-25-36)59-44-16-8-6-14-41(44)42-15-7-9-17-45(42)59)35-21-19-34(20-22-35)48-53-31-46-47(55-48)43-29-39(30-54-52(43)60-46)38-23-18-32-10-4-5-13-37(32)28-38/h1-31H. The SMILES string of the molecule is c1ccc(-c2nc(-c3ccc(-c4ncc5sc6ncc(-c7ccc8ccccc8c7)cc6c5n4)cc3)nc(-c3ccc(-n4c5ccccc5c5ccccc54)cc3)n2)cc1.